The second-order valence-electron chi connectivity index (χ2n) is 5.14. The Labute approximate surface area is 146 Å². The number of hydrogen-bond acceptors (Lipinski definition) is 4. The number of ether oxygens (including phenoxy) is 1. The first kappa shape index (κ1) is 17.7. The Balaban J connectivity index is 2.26. The molecule has 0 saturated heterocycles. The van der Waals surface area contributed by atoms with Gasteiger partial charge in [-0.15, -0.1) is 4.40 Å². The van der Waals surface area contributed by atoms with Crippen molar-refractivity contribution in [3.8, 4) is 0 Å². The number of hydrogen-bond donors (Lipinski definition) is 0. The molecule has 9 heteroatoms. The van der Waals surface area contributed by atoms with Gasteiger partial charge in [0, 0.05) is 19.7 Å². The first-order valence-electron chi connectivity index (χ1n) is 7.26. The topological polar surface area (TPSA) is 60.7 Å². The zero-order valence-electron chi connectivity index (χ0n) is 13.1. The van der Waals surface area contributed by atoms with Gasteiger partial charge in [-0.25, -0.2) is 8.78 Å². The molecule has 132 valence electrons. The zero-order valence-corrected chi connectivity index (χ0v) is 14.8. The third-order valence-corrected chi connectivity index (χ3v) is 5.88. The first-order chi connectivity index (χ1) is 11.9. The molecule has 0 atom stereocenters. The van der Waals surface area contributed by atoms with Crippen LogP contribution in [0.4, 0.5) is 8.78 Å². The van der Waals surface area contributed by atoms with Crippen molar-refractivity contribution >= 4 is 31.6 Å². The first-order valence-corrected chi connectivity index (χ1v) is 9.51. The average molecular weight is 384 g/mol. The van der Waals surface area contributed by atoms with Gasteiger partial charge >= 0.3 is 0 Å². The molecule has 0 N–H and O–H groups in total. The van der Waals surface area contributed by atoms with Crippen LogP contribution in [0.1, 0.15) is 0 Å². The molecule has 0 aliphatic heterocycles. The molecule has 1 aromatic heterocycles. The van der Waals surface area contributed by atoms with E-state index in [0.717, 1.165) is 23.5 Å². The second kappa shape index (κ2) is 7.03. The highest BCUT2D eigenvalue weighted by molar-refractivity contribution is 7.90. The quantitative estimate of drug-likeness (QED) is 0.680. The van der Waals surface area contributed by atoms with E-state index in [-0.39, 0.29) is 33.1 Å². The maximum absolute atomic E-state index is 14.2. The molecule has 1 heterocycles. The van der Waals surface area contributed by atoms with Gasteiger partial charge in [0.05, 0.1) is 21.7 Å². The molecule has 5 nitrogen and oxygen atoms in total. The fourth-order valence-corrected chi connectivity index (χ4v) is 4.66. The van der Waals surface area contributed by atoms with Gasteiger partial charge in [0.15, 0.2) is 5.82 Å². The summed E-state index contributed by atoms with van der Waals surface area (Å²) in [6, 6.07) is 9.62. The number of rotatable bonds is 5. The lowest BCUT2D eigenvalue weighted by Gasteiger charge is -2.05. The summed E-state index contributed by atoms with van der Waals surface area (Å²) in [5, 5.41) is 0. The smallest absolute Gasteiger partial charge is 0.285 e. The minimum atomic E-state index is -3.97. The number of halogens is 2. The molecular weight excluding hydrogens is 370 g/mol. The predicted octanol–water partition coefficient (Wildman–Crippen LogP) is 2.92. The molecule has 0 fully saturated rings. The Morgan fingerprint density at radius 3 is 2.60 bits per heavy atom. The summed E-state index contributed by atoms with van der Waals surface area (Å²) in [6.45, 7) is 0.406. The van der Waals surface area contributed by atoms with Crippen molar-refractivity contribution in [1.29, 1.82) is 0 Å². The van der Waals surface area contributed by atoms with E-state index in [1.165, 1.54) is 23.8 Å². The lowest BCUT2D eigenvalue weighted by Crippen LogP contribution is -2.20. The maximum Gasteiger partial charge on any atom is 0.285 e. The van der Waals surface area contributed by atoms with E-state index in [9.17, 15) is 17.2 Å². The van der Waals surface area contributed by atoms with Gasteiger partial charge in [0.2, 0.25) is 4.80 Å². The zero-order chi connectivity index (χ0) is 18.0. The maximum atomic E-state index is 14.2. The number of aromatic nitrogens is 1. The summed E-state index contributed by atoms with van der Waals surface area (Å²) in [5.74, 6) is -1.51. The molecule has 0 amide bonds. The Hall–Kier alpha value is -2.10. The lowest BCUT2D eigenvalue weighted by atomic mass is 10.3. The van der Waals surface area contributed by atoms with E-state index in [4.69, 9.17) is 4.74 Å². The van der Waals surface area contributed by atoms with Crippen LogP contribution in [-0.4, -0.2) is 26.7 Å². The van der Waals surface area contributed by atoms with Gasteiger partial charge in [-0.2, -0.15) is 8.42 Å². The van der Waals surface area contributed by atoms with Crippen LogP contribution in [0.5, 0.6) is 0 Å². The molecule has 0 saturated carbocycles. The highest BCUT2D eigenvalue weighted by Gasteiger charge is 2.17. The SMILES string of the molecule is COCCn1c(=NS(=O)(=O)c2ccccc2)sc2cc(F)cc(F)c21. The van der Waals surface area contributed by atoms with Crippen LogP contribution in [0.3, 0.4) is 0 Å². The Kier molecular flexibility index (Phi) is 4.98. The Bertz CT molecular complexity index is 1070. The van der Waals surface area contributed by atoms with E-state index < -0.39 is 21.7 Å². The van der Waals surface area contributed by atoms with E-state index >= 15 is 0 Å². The molecule has 0 aliphatic carbocycles. The summed E-state index contributed by atoms with van der Waals surface area (Å²) in [6.07, 6.45) is 0. The molecule has 0 aliphatic rings. The monoisotopic (exact) mass is 384 g/mol. The Morgan fingerprint density at radius 2 is 1.92 bits per heavy atom. The van der Waals surface area contributed by atoms with Crippen LogP contribution in [0.2, 0.25) is 0 Å². The molecule has 3 rings (SSSR count). The van der Waals surface area contributed by atoms with Crippen LogP contribution in [0, 0.1) is 11.6 Å². The normalized spacial score (nSPS) is 12.8. The van der Waals surface area contributed by atoms with Gasteiger partial charge in [-0.1, -0.05) is 29.5 Å². The molecule has 0 radical (unpaired) electrons. The van der Waals surface area contributed by atoms with Gasteiger partial charge in [-0.3, -0.25) is 0 Å². The van der Waals surface area contributed by atoms with Gasteiger partial charge in [0.1, 0.15) is 5.82 Å². The van der Waals surface area contributed by atoms with Crippen molar-refractivity contribution in [2.45, 2.75) is 11.4 Å². The van der Waals surface area contributed by atoms with Crippen LogP contribution >= 0.6 is 11.3 Å². The van der Waals surface area contributed by atoms with Gasteiger partial charge in [-0.05, 0) is 18.2 Å². The summed E-state index contributed by atoms with van der Waals surface area (Å²) < 4.78 is 63.1. The fourth-order valence-electron chi connectivity index (χ4n) is 2.34. The summed E-state index contributed by atoms with van der Waals surface area (Å²) in [7, 11) is -2.50. The molecule has 0 bridgehead atoms. The predicted molar refractivity (Wildman–Crippen MR) is 90.8 cm³/mol. The number of benzene rings is 2. The van der Waals surface area contributed by atoms with Crippen molar-refractivity contribution in [1.82, 2.24) is 4.57 Å². The summed E-state index contributed by atoms with van der Waals surface area (Å²) >= 11 is 0.906. The van der Waals surface area contributed by atoms with Gasteiger partial charge < -0.3 is 9.30 Å². The second-order valence-corrected chi connectivity index (χ2v) is 7.76. The van der Waals surface area contributed by atoms with E-state index in [0.29, 0.717) is 0 Å². The van der Waals surface area contributed by atoms with Crippen molar-refractivity contribution in [3.05, 3.63) is 58.9 Å². The van der Waals surface area contributed by atoms with Crippen molar-refractivity contribution < 1.29 is 21.9 Å². The minimum Gasteiger partial charge on any atom is -0.383 e. The van der Waals surface area contributed by atoms with Gasteiger partial charge in [0.25, 0.3) is 10.0 Å². The molecule has 0 unspecified atom stereocenters. The van der Waals surface area contributed by atoms with Crippen LogP contribution in [0.25, 0.3) is 10.2 Å². The number of methoxy groups -OCH3 is 1. The van der Waals surface area contributed by atoms with E-state index in [1.807, 2.05) is 0 Å². The minimum absolute atomic E-state index is 0.0254. The third-order valence-electron chi connectivity index (χ3n) is 3.45. The number of nitrogens with zero attached hydrogens (tertiary/aromatic N) is 2. The average Bonchev–Trinajstić information content (AvgIpc) is 2.90. The lowest BCUT2D eigenvalue weighted by molar-refractivity contribution is 0.187. The van der Waals surface area contributed by atoms with Crippen LogP contribution < -0.4 is 4.80 Å². The largest absolute Gasteiger partial charge is 0.383 e. The standard InChI is InChI=1S/C16H14F2N2O3S2/c1-23-8-7-20-15-13(18)9-11(17)10-14(15)24-16(20)19-25(21,22)12-5-3-2-4-6-12/h2-6,9-10H,7-8H2,1H3. The number of fused-ring (bicyclic) bond motifs is 1. The molecule has 0 spiro atoms. The van der Waals surface area contributed by atoms with Crippen molar-refractivity contribution in [2.24, 2.45) is 4.40 Å². The van der Waals surface area contributed by atoms with Crippen LogP contribution in [-0.2, 0) is 21.3 Å². The molecule has 25 heavy (non-hydrogen) atoms. The number of thiazole rings is 1. The van der Waals surface area contributed by atoms with Crippen molar-refractivity contribution in [3.63, 3.8) is 0 Å². The summed E-state index contributed by atoms with van der Waals surface area (Å²) in [4.78, 5) is 0.0813. The highest BCUT2D eigenvalue weighted by Crippen LogP contribution is 2.23. The Morgan fingerprint density at radius 1 is 1.20 bits per heavy atom. The molecule has 2 aromatic carbocycles. The van der Waals surface area contributed by atoms with Crippen LogP contribution in [0.15, 0.2) is 51.8 Å². The third kappa shape index (κ3) is 3.63. The van der Waals surface area contributed by atoms with Crippen molar-refractivity contribution in [2.75, 3.05) is 13.7 Å². The highest BCUT2D eigenvalue weighted by atomic mass is 32.2. The fraction of sp³-hybridized carbons (Fsp3) is 0.188. The molecular formula is C16H14F2N2O3S2. The summed E-state index contributed by atoms with van der Waals surface area (Å²) in [5.41, 5.74) is 0.102. The van der Waals surface area contributed by atoms with E-state index in [2.05, 4.69) is 4.40 Å². The molecule has 3 aromatic rings. The van der Waals surface area contributed by atoms with E-state index in [1.54, 1.807) is 18.2 Å². The number of sulfonamides is 1.